The summed E-state index contributed by atoms with van der Waals surface area (Å²) in [5, 5.41) is 4.33. The monoisotopic (exact) mass is 418 g/mol. The fraction of sp³-hybridized carbons (Fsp3) is 0.360. The van der Waals surface area contributed by atoms with Crippen LogP contribution in [0.4, 0.5) is 0 Å². The summed E-state index contributed by atoms with van der Waals surface area (Å²) in [6.07, 6.45) is 1.86. The molecule has 3 heterocycles. The van der Waals surface area contributed by atoms with Crippen molar-refractivity contribution in [2.24, 2.45) is 0 Å². The van der Waals surface area contributed by atoms with Gasteiger partial charge in [-0.1, -0.05) is 23.8 Å². The van der Waals surface area contributed by atoms with E-state index < -0.39 is 0 Å². The molecule has 1 fully saturated rings. The van der Waals surface area contributed by atoms with E-state index >= 15 is 0 Å². The summed E-state index contributed by atoms with van der Waals surface area (Å²) in [5.74, 6) is 0. The minimum atomic E-state index is 0.0350. The van der Waals surface area contributed by atoms with Gasteiger partial charge in [0, 0.05) is 24.1 Å². The highest BCUT2D eigenvalue weighted by molar-refractivity contribution is 7.80. The molecule has 4 nitrogen and oxygen atoms in total. The van der Waals surface area contributed by atoms with E-state index in [2.05, 4.69) is 85.6 Å². The van der Waals surface area contributed by atoms with Crippen LogP contribution in [0.2, 0.25) is 0 Å². The standard InChI is InChI=1S/C25H30N4S/c1-7-28-24(22(27-25(28)30)21-10-8-9-11-26-21)20-14-18(5)29(19(20)6)23-16(3)12-15(2)13-17(23)4/h8-14,22,24H,7H2,1-6H3,(H,27,30)/t22-,24-/m0/s1. The van der Waals surface area contributed by atoms with Gasteiger partial charge in [-0.25, -0.2) is 0 Å². The SMILES string of the molecule is CCN1C(=S)N[C@@H](c2ccccn2)[C@@H]1c1cc(C)n(-c2c(C)cc(C)cc2C)c1C. The maximum Gasteiger partial charge on any atom is 0.170 e. The van der Waals surface area contributed by atoms with Gasteiger partial charge in [-0.3, -0.25) is 4.98 Å². The number of pyridine rings is 1. The van der Waals surface area contributed by atoms with Gasteiger partial charge in [0.25, 0.3) is 0 Å². The van der Waals surface area contributed by atoms with Gasteiger partial charge >= 0.3 is 0 Å². The second-order valence-electron chi connectivity index (χ2n) is 8.32. The summed E-state index contributed by atoms with van der Waals surface area (Å²) in [5.41, 5.74) is 10.0. The van der Waals surface area contributed by atoms with Crippen LogP contribution in [0.3, 0.4) is 0 Å². The summed E-state index contributed by atoms with van der Waals surface area (Å²) >= 11 is 5.71. The molecule has 0 saturated carbocycles. The maximum atomic E-state index is 5.71. The number of rotatable bonds is 4. The zero-order chi connectivity index (χ0) is 21.6. The molecule has 0 aliphatic carbocycles. The Morgan fingerprint density at radius 3 is 2.33 bits per heavy atom. The molecule has 1 aromatic carbocycles. The smallest absolute Gasteiger partial charge is 0.170 e. The van der Waals surface area contributed by atoms with Gasteiger partial charge in [-0.2, -0.15) is 0 Å². The molecule has 3 aromatic rings. The Bertz CT molecular complexity index is 1080. The van der Waals surface area contributed by atoms with Gasteiger partial charge in [-0.05, 0) is 88.6 Å². The Morgan fingerprint density at radius 1 is 1.03 bits per heavy atom. The van der Waals surface area contributed by atoms with E-state index in [1.807, 2.05) is 18.3 Å². The molecule has 1 aliphatic rings. The van der Waals surface area contributed by atoms with Crippen molar-refractivity contribution in [3.63, 3.8) is 0 Å². The summed E-state index contributed by atoms with van der Waals surface area (Å²) in [7, 11) is 0. The molecule has 2 atom stereocenters. The fourth-order valence-corrected chi connectivity index (χ4v) is 5.41. The first-order chi connectivity index (χ1) is 14.3. The number of benzene rings is 1. The third-order valence-electron chi connectivity index (χ3n) is 6.19. The quantitative estimate of drug-likeness (QED) is 0.575. The molecule has 1 saturated heterocycles. The van der Waals surface area contributed by atoms with E-state index in [1.54, 1.807) is 0 Å². The van der Waals surface area contributed by atoms with E-state index in [-0.39, 0.29) is 12.1 Å². The Labute approximate surface area is 184 Å². The third kappa shape index (κ3) is 3.31. The molecule has 0 bridgehead atoms. The first-order valence-corrected chi connectivity index (χ1v) is 11.0. The van der Waals surface area contributed by atoms with E-state index in [9.17, 15) is 0 Å². The van der Waals surface area contributed by atoms with Crippen molar-refractivity contribution < 1.29 is 0 Å². The number of likely N-dealkylation sites (N-methyl/N-ethyl adjacent to an activating group) is 1. The zero-order valence-electron chi connectivity index (χ0n) is 18.7. The molecule has 0 spiro atoms. The lowest BCUT2D eigenvalue weighted by Crippen LogP contribution is -2.29. The topological polar surface area (TPSA) is 33.1 Å². The molecule has 156 valence electrons. The van der Waals surface area contributed by atoms with Gasteiger partial charge in [0.2, 0.25) is 0 Å². The van der Waals surface area contributed by atoms with Crippen LogP contribution in [-0.4, -0.2) is 26.1 Å². The van der Waals surface area contributed by atoms with Crippen molar-refractivity contribution in [2.75, 3.05) is 6.54 Å². The van der Waals surface area contributed by atoms with Gasteiger partial charge in [-0.15, -0.1) is 0 Å². The normalized spacial score (nSPS) is 18.7. The van der Waals surface area contributed by atoms with Crippen LogP contribution in [0.1, 0.15) is 58.3 Å². The van der Waals surface area contributed by atoms with Crippen LogP contribution in [0, 0.1) is 34.6 Å². The van der Waals surface area contributed by atoms with Crippen molar-refractivity contribution in [1.82, 2.24) is 19.8 Å². The molecule has 0 radical (unpaired) electrons. The molecule has 1 N–H and O–H groups in total. The number of aromatic nitrogens is 2. The first kappa shape index (κ1) is 20.6. The molecular weight excluding hydrogens is 388 g/mol. The molecule has 1 aliphatic heterocycles. The number of nitrogens with one attached hydrogen (secondary N) is 1. The number of hydrogen-bond donors (Lipinski definition) is 1. The van der Waals surface area contributed by atoms with Gasteiger partial charge in [0.15, 0.2) is 5.11 Å². The van der Waals surface area contributed by atoms with Crippen LogP contribution in [-0.2, 0) is 0 Å². The van der Waals surface area contributed by atoms with Crippen LogP contribution in [0.5, 0.6) is 0 Å². The average Bonchev–Trinajstić information content (AvgIpc) is 3.18. The Kier molecular flexibility index (Phi) is 5.41. The second-order valence-corrected chi connectivity index (χ2v) is 8.71. The van der Waals surface area contributed by atoms with Crippen molar-refractivity contribution in [2.45, 2.75) is 53.6 Å². The Balaban J connectivity index is 1.88. The number of aryl methyl sites for hydroxylation is 4. The number of thiocarbonyl (C=S) groups is 1. The molecule has 30 heavy (non-hydrogen) atoms. The molecular formula is C25H30N4S. The lowest BCUT2D eigenvalue weighted by Gasteiger charge is -2.27. The fourth-order valence-electron chi connectivity index (χ4n) is 5.04. The summed E-state index contributed by atoms with van der Waals surface area (Å²) in [4.78, 5) is 6.93. The summed E-state index contributed by atoms with van der Waals surface area (Å²) in [6.45, 7) is 14.0. The second kappa shape index (κ2) is 7.88. The minimum absolute atomic E-state index is 0.0350. The van der Waals surface area contributed by atoms with Crippen LogP contribution >= 0.6 is 12.2 Å². The molecule has 5 heteroatoms. The van der Waals surface area contributed by atoms with Crippen molar-refractivity contribution in [3.8, 4) is 5.69 Å². The molecule has 0 unspecified atom stereocenters. The van der Waals surface area contributed by atoms with E-state index in [0.717, 1.165) is 17.4 Å². The van der Waals surface area contributed by atoms with Gasteiger partial charge < -0.3 is 14.8 Å². The third-order valence-corrected chi connectivity index (χ3v) is 6.54. The van der Waals surface area contributed by atoms with Crippen molar-refractivity contribution >= 4 is 17.3 Å². The molecule has 2 aromatic heterocycles. The van der Waals surface area contributed by atoms with Crippen LogP contribution in [0.15, 0.2) is 42.6 Å². The minimum Gasteiger partial charge on any atom is -0.352 e. The summed E-state index contributed by atoms with van der Waals surface area (Å²) in [6, 6.07) is 13.1. The predicted octanol–water partition coefficient (Wildman–Crippen LogP) is 5.41. The summed E-state index contributed by atoms with van der Waals surface area (Å²) < 4.78 is 2.41. The lowest BCUT2D eigenvalue weighted by molar-refractivity contribution is 0.329. The highest BCUT2D eigenvalue weighted by atomic mass is 32.1. The highest BCUT2D eigenvalue weighted by Crippen LogP contribution is 2.41. The first-order valence-electron chi connectivity index (χ1n) is 10.6. The largest absolute Gasteiger partial charge is 0.352 e. The Hall–Kier alpha value is -2.66. The zero-order valence-corrected chi connectivity index (χ0v) is 19.5. The van der Waals surface area contributed by atoms with E-state index in [1.165, 1.54) is 39.3 Å². The lowest BCUT2D eigenvalue weighted by atomic mass is 9.96. The highest BCUT2D eigenvalue weighted by Gasteiger charge is 2.40. The number of hydrogen-bond acceptors (Lipinski definition) is 2. The van der Waals surface area contributed by atoms with Gasteiger partial charge in [0.05, 0.1) is 23.5 Å². The van der Waals surface area contributed by atoms with Crippen LogP contribution < -0.4 is 5.32 Å². The van der Waals surface area contributed by atoms with Crippen molar-refractivity contribution in [3.05, 3.63) is 81.9 Å². The molecule has 0 amide bonds. The number of nitrogens with zero attached hydrogens (tertiary/aromatic N) is 3. The van der Waals surface area contributed by atoms with E-state index in [0.29, 0.717) is 0 Å². The average molecular weight is 419 g/mol. The maximum absolute atomic E-state index is 5.71. The van der Waals surface area contributed by atoms with Crippen LogP contribution in [0.25, 0.3) is 5.69 Å². The predicted molar refractivity (Wildman–Crippen MR) is 127 cm³/mol. The molecule has 4 rings (SSSR count). The Morgan fingerprint density at radius 2 is 1.73 bits per heavy atom. The van der Waals surface area contributed by atoms with Gasteiger partial charge in [0.1, 0.15) is 0 Å². The van der Waals surface area contributed by atoms with Crippen molar-refractivity contribution in [1.29, 1.82) is 0 Å². The van der Waals surface area contributed by atoms with E-state index in [4.69, 9.17) is 12.2 Å².